The van der Waals surface area contributed by atoms with Gasteiger partial charge in [-0.15, -0.1) is 0 Å². The smallest absolute Gasteiger partial charge is 0.126 e. The van der Waals surface area contributed by atoms with Crippen LogP contribution in [0.4, 0.5) is 0 Å². The Morgan fingerprint density at radius 1 is 1.38 bits per heavy atom. The van der Waals surface area contributed by atoms with Crippen molar-refractivity contribution in [3.63, 3.8) is 0 Å². The third kappa shape index (κ3) is 2.47. The Labute approximate surface area is 103 Å². The lowest BCUT2D eigenvalue weighted by Crippen LogP contribution is -2.04. The summed E-state index contributed by atoms with van der Waals surface area (Å²) in [5.41, 5.74) is 0.986. The average Bonchev–Trinajstić information content (AvgIpc) is 2.63. The lowest BCUT2D eigenvalue weighted by Gasteiger charge is -2.05. The van der Waals surface area contributed by atoms with Crippen molar-refractivity contribution in [2.45, 2.75) is 26.8 Å². The molecule has 0 fully saturated rings. The lowest BCUT2D eigenvalue weighted by molar-refractivity contribution is 0.706. The van der Waals surface area contributed by atoms with Crippen LogP contribution in [0, 0.1) is 6.92 Å². The van der Waals surface area contributed by atoms with Crippen LogP contribution in [0.5, 0.6) is 0 Å². The number of imidazole rings is 1. The van der Waals surface area contributed by atoms with Crippen LogP contribution < -0.4 is 0 Å². The molecule has 0 aliphatic rings. The van der Waals surface area contributed by atoms with Crippen molar-refractivity contribution in [3.8, 4) is 0 Å². The molecular weight excluding hydrogens is 268 g/mol. The zero-order valence-electron chi connectivity index (χ0n) is 9.31. The SMILES string of the molecule is CCn1ccnc1Cc1cc(Br)nc(C)n1. The Morgan fingerprint density at radius 2 is 2.19 bits per heavy atom. The summed E-state index contributed by atoms with van der Waals surface area (Å²) in [5, 5.41) is 0. The molecule has 0 saturated heterocycles. The van der Waals surface area contributed by atoms with E-state index in [4.69, 9.17) is 0 Å². The number of halogens is 1. The van der Waals surface area contributed by atoms with Crippen LogP contribution in [-0.2, 0) is 13.0 Å². The van der Waals surface area contributed by atoms with Crippen molar-refractivity contribution < 1.29 is 0 Å². The van der Waals surface area contributed by atoms with Gasteiger partial charge in [0.05, 0.1) is 5.69 Å². The van der Waals surface area contributed by atoms with Crippen LogP contribution in [0.15, 0.2) is 23.1 Å². The van der Waals surface area contributed by atoms with E-state index in [9.17, 15) is 0 Å². The van der Waals surface area contributed by atoms with Crippen LogP contribution in [0.2, 0.25) is 0 Å². The van der Waals surface area contributed by atoms with Crippen molar-refractivity contribution in [3.05, 3.63) is 40.4 Å². The summed E-state index contributed by atoms with van der Waals surface area (Å²) in [7, 11) is 0. The zero-order valence-corrected chi connectivity index (χ0v) is 10.9. The standard InChI is InChI=1S/C11H13BrN4/c1-3-16-5-4-13-11(16)7-9-6-10(12)15-8(2)14-9/h4-6H,3,7H2,1-2H3. The second kappa shape index (κ2) is 4.74. The Morgan fingerprint density at radius 3 is 2.88 bits per heavy atom. The first-order valence-electron chi connectivity index (χ1n) is 5.19. The summed E-state index contributed by atoms with van der Waals surface area (Å²) in [5.74, 6) is 1.81. The fourth-order valence-electron chi connectivity index (χ4n) is 1.64. The number of hydrogen-bond donors (Lipinski definition) is 0. The second-order valence-corrected chi connectivity index (χ2v) is 4.35. The minimum atomic E-state index is 0.739. The van der Waals surface area contributed by atoms with Gasteiger partial charge in [-0.2, -0.15) is 0 Å². The number of nitrogens with zero attached hydrogens (tertiary/aromatic N) is 4. The highest BCUT2D eigenvalue weighted by Gasteiger charge is 2.05. The van der Waals surface area contributed by atoms with Crippen LogP contribution >= 0.6 is 15.9 Å². The van der Waals surface area contributed by atoms with E-state index < -0.39 is 0 Å². The van der Waals surface area contributed by atoms with E-state index >= 15 is 0 Å². The number of aryl methyl sites for hydroxylation is 2. The molecule has 4 nitrogen and oxygen atoms in total. The fourth-order valence-corrected chi connectivity index (χ4v) is 2.16. The molecule has 0 bridgehead atoms. The Balaban J connectivity index is 2.26. The Hall–Kier alpha value is -1.23. The first kappa shape index (κ1) is 11.3. The van der Waals surface area contributed by atoms with Gasteiger partial charge in [-0.05, 0) is 35.8 Å². The van der Waals surface area contributed by atoms with Crippen LogP contribution in [0.25, 0.3) is 0 Å². The molecule has 0 atom stereocenters. The molecule has 84 valence electrons. The van der Waals surface area contributed by atoms with E-state index in [2.05, 4.69) is 42.4 Å². The van der Waals surface area contributed by atoms with Gasteiger partial charge < -0.3 is 4.57 Å². The molecule has 2 aromatic heterocycles. The molecule has 0 N–H and O–H groups in total. The van der Waals surface area contributed by atoms with Gasteiger partial charge in [-0.25, -0.2) is 15.0 Å². The van der Waals surface area contributed by atoms with Crippen molar-refractivity contribution in [2.24, 2.45) is 0 Å². The predicted molar refractivity (Wildman–Crippen MR) is 65.2 cm³/mol. The quantitative estimate of drug-likeness (QED) is 0.811. The maximum Gasteiger partial charge on any atom is 0.126 e. The summed E-state index contributed by atoms with van der Waals surface area (Å²) in [6.45, 7) is 4.92. The largest absolute Gasteiger partial charge is 0.335 e. The zero-order chi connectivity index (χ0) is 11.5. The Kier molecular flexibility index (Phi) is 3.33. The molecule has 0 aromatic carbocycles. The minimum Gasteiger partial charge on any atom is -0.335 e. The van der Waals surface area contributed by atoms with Crippen molar-refractivity contribution in [2.75, 3.05) is 0 Å². The van der Waals surface area contributed by atoms with Gasteiger partial charge in [-0.3, -0.25) is 0 Å². The average molecular weight is 281 g/mol. The molecule has 0 saturated carbocycles. The number of hydrogen-bond acceptors (Lipinski definition) is 3. The third-order valence-electron chi connectivity index (χ3n) is 2.34. The van der Waals surface area contributed by atoms with Gasteiger partial charge in [0, 0.05) is 25.4 Å². The van der Waals surface area contributed by atoms with Crippen molar-refractivity contribution in [1.29, 1.82) is 0 Å². The number of aromatic nitrogens is 4. The van der Waals surface area contributed by atoms with Crippen LogP contribution in [0.3, 0.4) is 0 Å². The molecule has 2 heterocycles. The highest BCUT2D eigenvalue weighted by atomic mass is 79.9. The first-order valence-corrected chi connectivity index (χ1v) is 5.98. The maximum absolute atomic E-state index is 4.39. The normalized spacial score (nSPS) is 10.7. The molecule has 0 aliphatic carbocycles. The lowest BCUT2D eigenvalue weighted by atomic mass is 10.3. The van der Waals surface area contributed by atoms with E-state index in [0.29, 0.717) is 0 Å². The molecule has 5 heteroatoms. The molecule has 0 aliphatic heterocycles. The molecular formula is C11H13BrN4. The molecule has 2 rings (SSSR count). The van der Waals surface area contributed by atoms with Gasteiger partial charge in [0.15, 0.2) is 0 Å². The van der Waals surface area contributed by atoms with Crippen molar-refractivity contribution >= 4 is 15.9 Å². The van der Waals surface area contributed by atoms with Crippen LogP contribution in [0.1, 0.15) is 24.3 Å². The van der Waals surface area contributed by atoms with E-state index in [-0.39, 0.29) is 0 Å². The minimum absolute atomic E-state index is 0.739. The molecule has 0 spiro atoms. The van der Waals surface area contributed by atoms with Crippen molar-refractivity contribution in [1.82, 2.24) is 19.5 Å². The summed E-state index contributed by atoms with van der Waals surface area (Å²) < 4.78 is 2.94. The van der Waals surface area contributed by atoms with E-state index in [1.807, 2.05) is 25.4 Å². The van der Waals surface area contributed by atoms with E-state index in [1.165, 1.54) is 0 Å². The maximum atomic E-state index is 4.39. The van der Waals surface area contributed by atoms with E-state index in [1.54, 1.807) is 0 Å². The third-order valence-corrected chi connectivity index (χ3v) is 2.75. The monoisotopic (exact) mass is 280 g/mol. The summed E-state index contributed by atoms with van der Waals surface area (Å²) in [6, 6.07) is 1.93. The number of rotatable bonds is 3. The molecule has 0 amide bonds. The topological polar surface area (TPSA) is 43.6 Å². The Bertz CT molecular complexity index is 472. The summed E-state index contributed by atoms with van der Waals surface area (Å²) >= 11 is 3.37. The fraction of sp³-hybridized carbons (Fsp3) is 0.364. The van der Waals surface area contributed by atoms with Gasteiger partial charge in [0.2, 0.25) is 0 Å². The summed E-state index contributed by atoms with van der Waals surface area (Å²) in [6.07, 6.45) is 4.54. The van der Waals surface area contributed by atoms with Gasteiger partial charge >= 0.3 is 0 Å². The molecule has 0 radical (unpaired) electrons. The van der Waals surface area contributed by atoms with E-state index in [0.717, 1.165) is 34.9 Å². The molecule has 0 unspecified atom stereocenters. The molecule has 2 aromatic rings. The first-order chi connectivity index (χ1) is 7.69. The van der Waals surface area contributed by atoms with Gasteiger partial charge in [0.25, 0.3) is 0 Å². The highest BCUT2D eigenvalue weighted by Crippen LogP contribution is 2.11. The summed E-state index contributed by atoms with van der Waals surface area (Å²) in [4.78, 5) is 12.9. The second-order valence-electron chi connectivity index (χ2n) is 3.54. The van der Waals surface area contributed by atoms with Crippen LogP contribution in [-0.4, -0.2) is 19.5 Å². The predicted octanol–water partition coefficient (Wildman–Crippen LogP) is 2.35. The van der Waals surface area contributed by atoms with Gasteiger partial charge in [-0.1, -0.05) is 0 Å². The molecule has 16 heavy (non-hydrogen) atoms. The van der Waals surface area contributed by atoms with Gasteiger partial charge in [0.1, 0.15) is 16.3 Å². The highest BCUT2D eigenvalue weighted by molar-refractivity contribution is 9.10.